The average Bonchev–Trinajstić information content (AvgIpc) is 2.81. The Morgan fingerprint density at radius 1 is 1.45 bits per heavy atom. The number of amides is 1. The molecule has 1 aliphatic rings. The van der Waals surface area contributed by atoms with Gasteiger partial charge < -0.3 is 10.4 Å². The van der Waals surface area contributed by atoms with E-state index in [0.29, 0.717) is 25.4 Å². The topological polar surface area (TPSA) is 82.5 Å². The first-order valence-electron chi connectivity index (χ1n) is 7.58. The van der Waals surface area contributed by atoms with E-state index in [1.165, 1.54) is 0 Å². The molecule has 1 amide bonds. The van der Waals surface area contributed by atoms with Gasteiger partial charge in [0.25, 0.3) is 0 Å². The smallest absolute Gasteiger partial charge is 0.317 e. The van der Waals surface area contributed by atoms with E-state index in [9.17, 15) is 9.59 Å². The molecular formula is C16H23N3O3. The summed E-state index contributed by atoms with van der Waals surface area (Å²) in [5, 5.41) is 12.0. The summed E-state index contributed by atoms with van der Waals surface area (Å²) < 4.78 is 0. The van der Waals surface area contributed by atoms with Crippen LogP contribution in [0.4, 0.5) is 0 Å². The highest BCUT2D eigenvalue weighted by molar-refractivity contribution is 5.78. The molecule has 0 radical (unpaired) electrons. The van der Waals surface area contributed by atoms with E-state index in [0.717, 1.165) is 5.56 Å². The lowest BCUT2D eigenvalue weighted by Crippen LogP contribution is -2.42. The highest BCUT2D eigenvalue weighted by Crippen LogP contribution is 2.24. The molecule has 2 N–H and O–H groups in total. The van der Waals surface area contributed by atoms with Gasteiger partial charge in [-0.05, 0) is 23.5 Å². The van der Waals surface area contributed by atoms with Crippen molar-refractivity contribution in [2.24, 2.45) is 11.8 Å². The van der Waals surface area contributed by atoms with E-state index in [1.54, 1.807) is 12.4 Å². The van der Waals surface area contributed by atoms with Gasteiger partial charge in [-0.1, -0.05) is 19.9 Å². The summed E-state index contributed by atoms with van der Waals surface area (Å²) in [6.45, 7) is 5.54. The second-order valence-corrected chi connectivity index (χ2v) is 6.21. The highest BCUT2D eigenvalue weighted by atomic mass is 16.4. The molecule has 2 rings (SSSR count). The average molecular weight is 305 g/mol. The van der Waals surface area contributed by atoms with Gasteiger partial charge in [0.1, 0.15) is 0 Å². The molecule has 0 spiro atoms. The Labute approximate surface area is 130 Å². The molecule has 1 aromatic rings. The summed E-state index contributed by atoms with van der Waals surface area (Å²) in [4.78, 5) is 29.0. The number of carbonyl (C=O) groups excluding carboxylic acids is 1. The molecular weight excluding hydrogens is 282 g/mol. The molecule has 1 aliphatic heterocycles. The minimum atomic E-state index is -0.829. The van der Waals surface area contributed by atoms with Crippen LogP contribution in [0.1, 0.15) is 19.4 Å². The number of likely N-dealkylation sites (tertiary alicyclic amines) is 1. The van der Waals surface area contributed by atoms with Gasteiger partial charge >= 0.3 is 5.97 Å². The minimum absolute atomic E-state index is 0.00326. The zero-order valence-electron chi connectivity index (χ0n) is 13.0. The lowest BCUT2D eigenvalue weighted by Gasteiger charge is -2.23. The molecule has 2 heterocycles. The molecule has 6 nitrogen and oxygen atoms in total. The number of pyridine rings is 1. The van der Waals surface area contributed by atoms with Crippen molar-refractivity contribution >= 4 is 11.9 Å². The van der Waals surface area contributed by atoms with E-state index >= 15 is 0 Å². The van der Waals surface area contributed by atoms with Crippen LogP contribution in [0.2, 0.25) is 0 Å². The van der Waals surface area contributed by atoms with Crippen LogP contribution in [0.15, 0.2) is 24.5 Å². The van der Waals surface area contributed by atoms with Crippen LogP contribution in [0.25, 0.3) is 0 Å². The molecule has 6 heteroatoms. The first kappa shape index (κ1) is 16.4. The first-order chi connectivity index (χ1) is 10.5. The van der Waals surface area contributed by atoms with Gasteiger partial charge in [-0.3, -0.25) is 19.5 Å². The number of aliphatic carboxylic acids is 1. The number of rotatable bonds is 6. The molecule has 22 heavy (non-hydrogen) atoms. The quantitative estimate of drug-likeness (QED) is 0.811. The molecule has 0 saturated carbocycles. The maximum Gasteiger partial charge on any atom is 0.317 e. The van der Waals surface area contributed by atoms with Crippen molar-refractivity contribution in [2.75, 3.05) is 19.6 Å². The summed E-state index contributed by atoms with van der Waals surface area (Å²) in [6, 6.07) is 3.69. The number of nitrogens with one attached hydrogen (secondary N) is 1. The van der Waals surface area contributed by atoms with Gasteiger partial charge in [0.2, 0.25) is 5.91 Å². The molecule has 0 unspecified atom stereocenters. The fourth-order valence-electron chi connectivity index (χ4n) is 3.01. The van der Waals surface area contributed by atoms with E-state index < -0.39 is 5.97 Å². The van der Waals surface area contributed by atoms with Gasteiger partial charge in [-0.15, -0.1) is 0 Å². The molecule has 1 saturated heterocycles. The third-order valence-electron chi connectivity index (χ3n) is 4.09. The van der Waals surface area contributed by atoms with E-state index in [2.05, 4.69) is 24.1 Å². The molecule has 120 valence electrons. The second-order valence-electron chi connectivity index (χ2n) is 6.21. The summed E-state index contributed by atoms with van der Waals surface area (Å²) >= 11 is 0. The first-order valence-corrected chi connectivity index (χ1v) is 7.58. The largest absolute Gasteiger partial charge is 0.480 e. The number of carboxylic acids is 1. The Bertz CT molecular complexity index is 519. The molecule has 2 atom stereocenters. The highest BCUT2D eigenvalue weighted by Gasteiger charge is 2.36. The predicted octanol–water partition coefficient (Wildman–Crippen LogP) is 0.781. The van der Waals surface area contributed by atoms with E-state index in [-0.39, 0.29) is 24.4 Å². The second kappa shape index (κ2) is 7.35. The van der Waals surface area contributed by atoms with Crippen molar-refractivity contribution in [3.05, 3.63) is 30.1 Å². The van der Waals surface area contributed by atoms with Crippen LogP contribution in [-0.2, 0) is 16.0 Å². The Balaban J connectivity index is 1.94. The Kier molecular flexibility index (Phi) is 5.49. The van der Waals surface area contributed by atoms with Crippen LogP contribution >= 0.6 is 0 Å². The van der Waals surface area contributed by atoms with Gasteiger partial charge in [0, 0.05) is 31.5 Å². The van der Waals surface area contributed by atoms with Gasteiger partial charge in [-0.25, -0.2) is 0 Å². The maximum atomic E-state index is 12.2. The zero-order valence-corrected chi connectivity index (χ0v) is 13.0. The zero-order chi connectivity index (χ0) is 16.1. The Morgan fingerprint density at radius 2 is 2.23 bits per heavy atom. The van der Waals surface area contributed by atoms with Crippen LogP contribution in [0.3, 0.4) is 0 Å². The van der Waals surface area contributed by atoms with Gasteiger partial charge in [0.15, 0.2) is 0 Å². The number of carboxylic acid groups (broad SMARTS) is 1. The SMILES string of the molecule is CC(C)[C@H]1CN(CC(=O)O)C[C@@H]1NC(=O)Cc1cccnc1. The number of aromatic nitrogens is 1. The fourth-order valence-corrected chi connectivity index (χ4v) is 3.01. The van der Waals surface area contributed by atoms with Crippen LogP contribution in [-0.4, -0.2) is 52.5 Å². The van der Waals surface area contributed by atoms with Crippen molar-refractivity contribution in [1.29, 1.82) is 0 Å². The van der Waals surface area contributed by atoms with Gasteiger partial charge in [0.05, 0.1) is 13.0 Å². The molecule has 1 fully saturated rings. The molecule has 0 bridgehead atoms. The van der Waals surface area contributed by atoms with Crippen LogP contribution < -0.4 is 5.32 Å². The van der Waals surface area contributed by atoms with E-state index in [1.807, 2.05) is 17.0 Å². The van der Waals surface area contributed by atoms with Crippen molar-refractivity contribution in [2.45, 2.75) is 26.3 Å². The third kappa shape index (κ3) is 4.53. The van der Waals surface area contributed by atoms with Crippen molar-refractivity contribution in [1.82, 2.24) is 15.2 Å². The van der Waals surface area contributed by atoms with Gasteiger partial charge in [-0.2, -0.15) is 0 Å². The standard InChI is InChI=1S/C16H23N3O3/c1-11(2)13-8-19(10-16(21)22)9-14(13)18-15(20)6-12-4-3-5-17-7-12/h3-5,7,11,13-14H,6,8-10H2,1-2H3,(H,18,20)(H,21,22)/t13-,14+/m1/s1. The monoisotopic (exact) mass is 305 g/mol. The number of nitrogens with zero attached hydrogens (tertiary/aromatic N) is 2. The molecule has 1 aromatic heterocycles. The number of carbonyl (C=O) groups is 2. The fraction of sp³-hybridized carbons (Fsp3) is 0.562. The summed E-state index contributed by atoms with van der Waals surface area (Å²) in [7, 11) is 0. The normalized spacial score (nSPS) is 22.0. The lowest BCUT2D eigenvalue weighted by atomic mass is 9.91. The van der Waals surface area contributed by atoms with Crippen LogP contribution in [0.5, 0.6) is 0 Å². The lowest BCUT2D eigenvalue weighted by molar-refractivity contribution is -0.138. The Morgan fingerprint density at radius 3 is 2.82 bits per heavy atom. The maximum absolute atomic E-state index is 12.2. The summed E-state index contributed by atoms with van der Waals surface area (Å²) in [6.07, 6.45) is 3.66. The van der Waals surface area contributed by atoms with Crippen molar-refractivity contribution in [3.8, 4) is 0 Å². The summed E-state index contributed by atoms with van der Waals surface area (Å²) in [5.74, 6) is -0.203. The number of hydrogen-bond donors (Lipinski definition) is 2. The number of hydrogen-bond acceptors (Lipinski definition) is 4. The van der Waals surface area contributed by atoms with Crippen molar-refractivity contribution in [3.63, 3.8) is 0 Å². The Hall–Kier alpha value is -1.95. The van der Waals surface area contributed by atoms with Crippen molar-refractivity contribution < 1.29 is 14.7 Å². The summed E-state index contributed by atoms with van der Waals surface area (Å²) in [5.41, 5.74) is 0.876. The van der Waals surface area contributed by atoms with Crippen LogP contribution in [0, 0.1) is 11.8 Å². The minimum Gasteiger partial charge on any atom is -0.480 e. The molecule has 0 aromatic carbocycles. The predicted molar refractivity (Wildman–Crippen MR) is 82.3 cm³/mol. The molecule has 0 aliphatic carbocycles. The van der Waals surface area contributed by atoms with E-state index in [4.69, 9.17) is 5.11 Å². The third-order valence-corrected chi connectivity index (χ3v) is 4.09.